The highest BCUT2D eigenvalue weighted by Crippen LogP contribution is 2.20. The summed E-state index contributed by atoms with van der Waals surface area (Å²) in [5.74, 6) is 0.234. The SMILES string of the molecule is CCc1cc(C(=O)c2ccccc2)ccc1O. The second-order valence-corrected chi connectivity index (χ2v) is 3.89. The van der Waals surface area contributed by atoms with Gasteiger partial charge in [-0.1, -0.05) is 37.3 Å². The van der Waals surface area contributed by atoms with E-state index < -0.39 is 0 Å². The number of rotatable bonds is 3. The van der Waals surface area contributed by atoms with Crippen LogP contribution in [-0.2, 0) is 6.42 Å². The van der Waals surface area contributed by atoms with Crippen molar-refractivity contribution in [2.45, 2.75) is 13.3 Å². The molecule has 2 aromatic carbocycles. The van der Waals surface area contributed by atoms with Crippen LogP contribution in [-0.4, -0.2) is 10.9 Å². The quantitative estimate of drug-likeness (QED) is 0.816. The van der Waals surface area contributed by atoms with Gasteiger partial charge in [-0.3, -0.25) is 4.79 Å². The molecule has 0 spiro atoms. The summed E-state index contributed by atoms with van der Waals surface area (Å²) in [7, 11) is 0. The van der Waals surface area contributed by atoms with Crippen LogP contribution in [0.15, 0.2) is 48.5 Å². The van der Waals surface area contributed by atoms with Gasteiger partial charge in [0.1, 0.15) is 5.75 Å². The van der Waals surface area contributed by atoms with E-state index in [1.807, 2.05) is 25.1 Å². The van der Waals surface area contributed by atoms with Crippen LogP contribution in [0.1, 0.15) is 28.4 Å². The molecule has 0 radical (unpaired) electrons. The summed E-state index contributed by atoms with van der Waals surface area (Å²) in [5, 5.41) is 9.58. The van der Waals surface area contributed by atoms with E-state index in [2.05, 4.69) is 0 Å². The van der Waals surface area contributed by atoms with E-state index in [0.29, 0.717) is 17.5 Å². The molecule has 0 heterocycles. The Kier molecular flexibility index (Phi) is 3.24. The summed E-state index contributed by atoms with van der Waals surface area (Å²) in [6.07, 6.45) is 0.710. The van der Waals surface area contributed by atoms with Crippen LogP contribution >= 0.6 is 0 Å². The van der Waals surface area contributed by atoms with Crippen molar-refractivity contribution in [1.82, 2.24) is 0 Å². The van der Waals surface area contributed by atoms with Crippen LogP contribution in [0.3, 0.4) is 0 Å². The molecular weight excluding hydrogens is 212 g/mol. The lowest BCUT2D eigenvalue weighted by molar-refractivity contribution is 0.103. The Morgan fingerprint density at radius 2 is 1.76 bits per heavy atom. The molecule has 2 aromatic rings. The number of carbonyl (C=O) groups is 1. The minimum atomic E-state index is -0.0136. The van der Waals surface area contributed by atoms with Crippen molar-refractivity contribution < 1.29 is 9.90 Å². The first-order valence-electron chi connectivity index (χ1n) is 5.64. The summed E-state index contributed by atoms with van der Waals surface area (Å²) in [6.45, 7) is 1.95. The van der Waals surface area contributed by atoms with E-state index >= 15 is 0 Å². The predicted molar refractivity (Wildman–Crippen MR) is 67.4 cm³/mol. The maximum Gasteiger partial charge on any atom is 0.193 e. The highest BCUT2D eigenvalue weighted by atomic mass is 16.3. The van der Waals surface area contributed by atoms with Gasteiger partial charge in [-0.05, 0) is 30.2 Å². The summed E-state index contributed by atoms with van der Waals surface area (Å²) in [4.78, 5) is 12.1. The Balaban J connectivity index is 2.38. The summed E-state index contributed by atoms with van der Waals surface area (Å²) >= 11 is 0. The first kappa shape index (κ1) is 11.4. The van der Waals surface area contributed by atoms with Gasteiger partial charge in [0, 0.05) is 11.1 Å². The molecule has 86 valence electrons. The molecule has 0 fully saturated rings. The van der Waals surface area contributed by atoms with Gasteiger partial charge in [0.2, 0.25) is 0 Å². The maximum absolute atomic E-state index is 12.1. The fourth-order valence-corrected chi connectivity index (χ4v) is 1.77. The van der Waals surface area contributed by atoms with Gasteiger partial charge in [0.05, 0.1) is 0 Å². The molecular formula is C15H14O2. The smallest absolute Gasteiger partial charge is 0.193 e. The zero-order chi connectivity index (χ0) is 12.3. The second-order valence-electron chi connectivity index (χ2n) is 3.89. The minimum absolute atomic E-state index is 0.0136. The number of carbonyl (C=O) groups excluding carboxylic acids is 1. The average Bonchev–Trinajstić information content (AvgIpc) is 2.39. The number of aryl methyl sites for hydroxylation is 1. The van der Waals surface area contributed by atoms with Crippen LogP contribution in [0.4, 0.5) is 0 Å². The molecule has 0 aliphatic rings. The van der Waals surface area contributed by atoms with Crippen molar-refractivity contribution in [2.75, 3.05) is 0 Å². The number of ketones is 1. The Morgan fingerprint density at radius 3 is 2.41 bits per heavy atom. The van der Waals surface area contributed by atoms with Gasteiger partial charge in [0.25, 0.3) is 0 Å². The maximum atomic E-state index is 12.1. The highest BCUT2D eigenvalue weighted by Gasteiger charge is 2.10. The fraction of sp³-hybridized carbons (Fsp3) is 0.133. The number of hydrogen-bond acceptors (Lipinski definition) is 2. The Labute approximate surface area is 101 Å². The molecule has 0 saturated carbocycles. The molecule has 2 rings (SSSR count). The fourth-order valence-electron chi connectivity index (χ4n) is 1.77. The van der Waals surface area contributed by atoms with Crippen LogP contribution in [0.25, 0.3) is 0 Å². The van der Waals surface area contributed by atoms with Gasteiger partial charge in [-0.25, -0.2) is 0 Å². The first-order valence-corrected chi connectivity index (χ1v) is 5.64. The molecule has 0 atom stereocenters. The highest BCUT2D eigenvalue weighted by molar-refractivity contribution is 6.09. The van der Waals surface area contributed by atoms with Crippen LogP contribution in [0, 0.1) is 0 Å². The molecule has 0 saturated heterocycles. The Bertz CT molecular complexity index is 530. The molecule has 2 heteroatoms. The lowest BCUT2D eigenvalue weighted by Gasteiger charge is -2.05. The Morgan fingerprint density at radius 1 is 1.06 bits per heavy atom. The summed E-state index contributed by atoms with van der Waals surface area (Å²) in [5.41, 5.74) is 2.08. The van der Waals surface area contributed by atoms with E-state index in [-0.39, 0.29) is 11.5 Å². The number of phenolic OH excluding ortho intramolecular Hbond substituents is 1. The van der Waals surface area contributed by atoms with E-state index in [1.165, 1.54) is 0 Å². The van der Waals surface area contributed by atoms with Crippen LogP contribution < -0.4 is 0 Å². The summed E-state index contributed by atoms with van der Waals surface area (Å²) in [6, 6.07) is 14.1. The van der Waals surface area contributed by atoms with Crippen LogP contribution in [0.5, 0.6) is 5.75 Å². The number of aromatic hydroxyl groups is 1. The van der Waals surface area contributed by atoms with E-state index in [1.54, 1.807) is 30.3 Å². The molecule has 17 heavy (non-hydrogen) atoms. The third-order valence-electron chi connectivity index (χ3n) is 2.76. The van der Waals surface area contributed by atoms with Crippen molar-refractivity contribution in [3.8, 4) is 5.75 Å². The summed E-state index contributed by atoms with van der Waals surface area (Å²) < 4.78 is 0. The number of benzene rings is 2. The standard InChI is InChI=1S/C15H14O2/c1-2-11-10-13(8-9-14(11)16)15(17)12-6-4-3-5-7-12/h3-10,16H,2H2,1H3. The molecule has 1 N–H and O–H groups in total. The van der Waals surface area contributed by atoms with Gasteiger partial charge >= 0.3 is 0 Å². The zero-order valence-corrected chi connectivity index (χ0v) is 9.68. The lowest BCUT2D eigenvalue weighted by Crippen LogP contribution is -2.01. The van der Waals surface area contributed by atoms with Gasteiger partial charge < -0.3 is 5.11 Å². The molecule has 0 unspecified atom stereocenters. The third kappa shape index (κ3) is 2.36. The normalized spacial score (nSPS) is 10.2. The minimum Gasteiger partial charge on any atom is -0.508 e. The van der Waals surface area contributed by atoms with Gasteiger partial charge in [0.15, 0.2) is 5.78 Å². The lowest BCUT2D eigenvalue weighted by atomic mass is 10.00. The number of hydrogen-bond donors (Lipinski definition) is 1. The molecule has 0 aromatic heterocycles. The van der Waals surface area contributed by atoms with E-state index in [0.717, 1.165) is 5.56 Å². The topological polar surface area (TPSA) is 37.3 Å². The van der Waals surface area contributed by atoms with Crippen molar-refractivity contribution >= 4 is 5.78 Å². The van der Waals surface area contributed by atoms with Crippen molar-refractivity contribution in [3.63, 3.8) is 0 Å². The van der Waals surface area contributed by atoms with E-state index in [4.69, 9.17) is 0 Å². The van der Waals surface area contributed by atoms with Crippen molar-refractivity contribution in [3.05, 3.63) is 65.2 Å². The number of phenols is 1. The molecule has 0 amide bonds. The predicted octanol–water partition coefficient (Wildman–Crippen LogP) is 3.19. The first-order chi connectivity index (χ1) is 8.22. The van der Waals surface area contributed by atoms with Crippen molar-refractivity contribution in [2.24, 2.45) is 0 Å². The monoisotopic (exact) mass is 226 g/mol. The van der Waals surface area contributed by atoms with Crippen molar-refractivity contribution in [1.29, 1.82) is 0 Å². The third-order valence-corrected chi connectivity index (χ3v) is 2.76. The molecule has 0 aliphatic heterocycles. The average molecular weight is 226 g/mol. The van der Waals surface area contributed by atoms with Gasteiger partial charge in [-0.2, -0.15) is 0 Å². The Hall–Kier alpha value is -2.09. The largest absolute Gasteiger partial charge is 0.508 e. The molecule has 0 bridgehead atoms. The second kappa shape index (κ2) is 4.83. The molecule has 2 nitrogen and oxygen atoms in total. The zero-order valence-electron chi connectivity index (χ0n) is 9.68. The van der Waals surface area contributed by atoms with Gasteiger partial charge in [-0.15, -0.1) is 0 Å². The van der Waals surface area contributed by atoms with E-state index in [9.17, 15) is 9.90 Å². The molecule has 0 aliphatic carbocycles. The van der Waals surface area contributed by atoms with Crippen LogP contribution in [0.2, 0.25) is 0 Å².